The summed E-state index contributed by atoms with van der Waals surface area (Å²) in [5.41, 5.74) is 1.04. The maximum Gasteiger partial charge on any atom is 0.408 e. The molecule has 3 unspecified atom stereocenters. The zero-order chi connectivity index (χ0) is 29.9. The van der Waals surface area contributed by atoms with Crippen LogP contribution in [0.3, 0.4) is 0 Å². The van der Waals surface area contributed by atoms with Crippen molar-refractivity contribution in [3.8, 4) is 12.3 Å². The number of ether oxygens (including phenoxy) is 1. The van der Waals surface area contributed by atoms with E-state index in [9.17, 15) is 19.5 Å². The fourth-order valence-electron chi connectivity index (χ4n) is 4.29. The predicted molar refractivity (Wildman–Crippen MR) is 156 cm³/mol. The van der Waals surface area contributed by atoms with Crippen LogP contribution in [-0.2, 0) is 20.9 Å². The third kappa shape index (κ3) is 9.73. The second kappa shape index (κ2) is 15.1. The molecule has 0 aromatic heterocycles. The number of aliphatic hydroxyl groups excluding tert-OH is 1. The van der Waals surface area contributed by atoms with Crippen LogP contribution in [0.5, 0.6) is 0 Å². The first-order chi connectivity index (χ1) is 18.9. The molecule has 0 fully saturated rings. The number of carbonyl (C=O) groups is 3. The quantitative estimate of drug-likeness (QED) is 0.336. The monoisotopic (exact) mass is 549 g/mol. The number of benzene rings is 2. The molecule has 3 N–H and O–H groups in total. The number of aliphatic hydroxyl groups is 1. The molecule has 40 heavy (non-hydrogen) atoms. The van der Waals surface area contributed by atoms with Crippen molar-refractivity contribution in [2.45, 2.75) is 84.7 Å². The Balaban J connectivity index is 2.56. The fourth-order valence-corrected chi connectivity index (χ4v) is 4.29. The Morgan fingerprint density at radius 2 is 1.62 bits per heavy atom. The first-order valence-corrected chi connectivity index (χ1v) is 13.7. The van der Waals surface area contributed by atoms with Crippen LogP contribution in [0.15, 0.2) is 54.6 Å². The number of nitrogens with one attached hydrogen (secondary N) is 2. The highest BCUT2D eigenvalue weighted by molar-refractivity contribution is 5.92. The van der Waals surface area contributed by atoms with Crippen molar-refractivity contribution in [2.24, 2.45) is 5.92 Å². The van der Waals surface area contributed by atoms with Crippen molar-refractivity contribution >= 4 is 17.9 Å². The van der Waals surface area contributed by atoms with Gasteiger partial charge >= 0.3 is 6.09 Å². The number of hydrogen-bond donors (Lipinski definition) is 3. The molecular weight excluding hydrogens is 506 g/mol. The molecule has 8 heteroatoms. The maximum atomic E-state index is 14.1. The van der Waals surface area contributed by atoms with Crippen molar-refractivity contribution in [1.29, 1.82) is 0 Å². The number of alkyl carbamates (subject to hydrolysis) is 1. The molecule has 0 saturated carbocycles. The lowest BCUT2D eigenvalue weighted by Gasteiger charge is -2.38. The predicted octanol–water partition coefficient (Wildman–Crippen LogP) is 4.56. The van der Waals surface area contributed by atoms with Crippen LogP contribution in [0, 0.1) is 18.3 Å². The zero-order valence-electron chi connectivity index (χ0n) is 24.4. The molecule has 0 radical (unpaired) electrons. The molecule has 2 rings (SSSR count). The minimum atomic E-state index is -1.33. The van der Waals surface area contributed by atoms with Gasteiger partial charge in [0.2, 0.25) is 11.8 Å². The van der Waals surface area contributed by atoms with Gasteiger partial charge in [0.15, 0.2) is 0 Å². The molecular formula is C32H43N3O5. The van der Waals surface area contributed by atoms with E-state index >= 15 is 0 Å². The van der Waals surface area contributed by atoms with Gasteiger partial charge in [-0.25, -0.2) is 4.79 Å². The van der Waals surface area contributed by atoms with E-state index in [4.69, 9.17) is 11.2 Å². The van der Waals surface area contributed by atoms with E-state index in [0.29, 0.717) is 23.5 Å². The van der Waals surface area contributed by atoms with Gasteiger partial charge in [-0.15, -0.1) is 6.42 Å². The summed E-state index contributed by atoms with van der Waals surface area (Å²) in [5, 5.41) is 15.6. The SMILES string of the molecule is C#Cc1ccccc1C(C(=O)NCc1ccccc1)N(C(=O)C(CO)NC(=O)OC(C)(C)C)C(C)CCC(C)C. The number of rotatable bonds is 12. The Bertz CT molecular complexity index is 1170. The Morgan fingerprint density at radius 1 is 1.00 bits per heavy atom. The minimum absolute atomic E-state index is 0.246. The zero-order valence-corrected chi connectivity index (χ0v) is 24.4. The van der Waals surface area contributed by atoms with Gasteiger partial charge in [0, 0.05) is 18.2 Å². The van der Waals surface area contributed by atoms with Gasteiger partial charge in [-0.05, 0) is 63.6 Å². The highest BCUT2D eigenvalue weighted by Crippen LogP contribution is 2.29. The summed E-state index contributed by atoms with van der Waals surface area (Å²) >= 11 is 0. The highest BCUT2D eigenvalue weighted by Gasteiger charge is 2.39. The summed E-state index contributed by atoms with van der Waals surface area (Å²) in [6.07, 6.45) is 6.36. The third-order valence-corrected chi connectivity index (χ3v) is 6.31. The number of amides is 3. The Kier molecular flexibility index (Phi) is 12.2. The molecule has 2 aromatic carbocycles. The van der Waals surface area contributed by atoms with Crippen molar-refractivity contribution in [3.05, 3.63) is 71.3 Å². The maximum absolute atomic E-state index is 14.1. The number of hydrogen-bond acceptors (Lipinski definition) is 5. The molecule has 8 nitrogen and oxygen atoms in total. The lowest BCUT2D eigenvalue weighted by Crippen LogP contribution is -2.56. The smallest absolute Gasteiger partial charge is 0.408 e. The molecule has 0 saturated heterocycles. The van der Waals surface area contributed by atoms with E-state index in [2.05, 4.69) is 30.4 Å². The molecule has 3 amide bonds. The average Bonchev–Trinajstić information content (AvgIpc) is 2.91. The normalized spacial score (nSPS) is 13.5. The Hall–Kier alpha value is -3.83. The molecule has 0 spiro atoms. The topological polar surface area (TPSA) is 108 Å². The van der Waals surface area contributed by atoms with Crippen LogP contribution in [-0.4, -0.2) is 52.2 Å². The molecule has 0 aliphatic heterocycles. The average molecular weight is 550 g/mol. The molecule has 0 bridgehead atoms. The van der Waals surface area contributed by atoms with Crippen molar-refractivity contribution in [3.63, 3.8) is 0 Å². The van der Waals surface area contributed by atoms with E-state index in [1.165, 1.54) is 4.90 Å². The summed E-state index contributed by atoms with van der Waals surface area (Å²) in [4.78, 5) is 42.1. The largest absolute Gasteiger partial charge is 0.444 e. The number of terminal acetylenes is 1. The van der Waals surface area contributed by atoms with Crippen molar-refractivity contribution < 1.29 is 24.2 Å². The van der Waals surface area contributed by atoms with E-state index < -0.39 is 48.2 Å². The lowest BCUT2D eigenvalue weighted by molar-refractivity contribution is -0.146. The molecule has 0 aliphatic rings. The summed E-state index contributed by atoms with van der Waals surface area (Å²) in [6.45, 7) is 10.7. The number of nitrogens with zero attached hydrogens (tertiary/aromatic N) is 1. The molecule has 0 aliphatic carbocycles. The number of carbonyl (C=O) groups excluding carboxylic acids is 3. The van der Waals surface area contributed by atoms with Crippen LogP contribution in [0.2, 0.25) is 0 Å². The summed E-state index contributed by atoms with van der Waals surface area (Å²) in [5.74, 6) is 1.95. The Morgan fingerprint density at radius 3 is 2.20 bits per heavy atom. The standard InChI is InChI=1S/C32H43N3O5/c1-8-25-16-12-13-17-26(25)28(29(37)33-20-24-14-10-9-11-15-24)35(23(4)19-18-22(2)3)30(38)27(21-36)34-31(39)40-32(5,6)7/h1,9-17,22-23,27-28,36H,18-21H2,2-7H3,(H,33,37)(H,34,39). The Labute approximate surface area is 238 Å². The van der Waals surface area contributed by atoms with E-state index in [1.54, 1.807) is 45.0 Å². The molecule has 3 atom stereocenters. The second-order valence-electron chi connectivity index (χ2n) is 11.3. The second-order valence-corrected chi connectivity index (χ2v) is 11.3. The van der Waals surface area contributed by atoms with E-state index in [0.717, 1.165) is 12.0 Å². The van der Waals surface area contributed by atoms with Crippen molar-refractivity contribution in [2.75, 3.05) is 6.61 Å². The van der Waals surface area contributed by atoms with Crippen LogP contribution in [0.25, 0.3) is 0 Å². The van der Waals surface area contributed by atoms with Gasteiger partial charge in [0.1, 0.15) is 17.7 Å². The van der Waals surface area contributed by atoms with Gasteiger partial charge in [-0.2, -0.15) is 0 Å². The first kappa shape index (κ1) is 32.4. The van der Waals surface area contributed by atoms with Gasteiger partial charge in [0.25, 0.3) is 0 Å². The van der Waals surface area contributed by atoms with Crippen LogP contribution < -0.4 is 10.6 Å². The lowest BCUT2D eigenvalue weighted by atomic mass is 9.94. The van der Waals surface area contributed by atoms with E-state index in [-0.39, 0.29) is 6.54 Å². The van der Waals surface area contributed by atoms with Crippen LogP contribution in [0.1, 0.15) is 77.1 Å². The molecule has 2 aromatic rings. The van der Waals surface area contributed by atoms with Crippen LogP contribution >= 0.6 is 0 Å². The summed E-state index contributed by atoms with van der Waals surface area (Å²) < 4.78 is 5.32. The van der Waals surface area contributed by atoms with Crippen molar-refractivity contribution in [1.82, 2.24) is 15.5 Å². The van der Waals surface area contributed by atoms with Gasteiger partial charge in [-0.1, -0.05) is 68.3 Å². The third-order valence-electron chi connectivity index (χ3n) is 6.31. The minimum Gasteiger partial charge on any atom is -0.444 e. The van der Waals surface area contributed by atoms with Gasteiger partial charge in [0.05, 0.1) is 6.61 Å². The van der Waals surface area contributed by atoms with Crippen LogP contribution in [0.4, 0.5) is 4.79 Å². The summed E-state index contributed by atoms with van der Waals surface area (Å²) in [6, 6.07) is 13.5. The van der Waals surface area contributed by atoms with E-state index in [1.807, 2.05) is 37.3 Å². The molecule has 0 heterocycles. The van der Waals surface area contributed by atoms with Gasteiger partial charge in [-0.3, -0.25) is 9.59 Å². The highest BCUT2D eigenvalue weighted by atomic mass is 16.6. The summed E-state index contributed by atoms with van der Waals surface area (Å²) in [7, 11) is 0. The fraction of sp³-hybridized carbons (Fsp3) is 0.469. The molecule has 216 valence electrons. The van der Waals surface area contributed by atoms with Gasteiger partial charge < -0.3 is 25.4 Å². The first-order valence-electron chi connectivity index (χ1n) is 13.7.